The molecular formula is C25H27N3O4S2. The normalized spacial score (nSPS) is 12.8. The van der Waals surface area contributed by atoms with E-state index in [4.69, 9.17) is 4.74 Å². The lowest BCUT2D eigenvalue weighted by atomic mass is 10.2. The number of carbonyl (C=O) groups excluding carboxylic acids is 1. The van der Waals surface area contributed by atoms with Crippen molar-refractivity contribution in [1.29, 1.82) is 0 Å². The van der Waals surface area contributed by atoms with Gasteiger partial charge in [0, 0.05) is 42.5 Å². The summed E-state index contributed by atoms with van der Waals surface area (Å²) >= 11 is 1.76. The first-order valence-electron chi connectivity index (χ1n) is 10.8. The number of nitrogens with one attached hydrogen (secondary N) is 1. The Hall–Kier alpha value is -3.01. The molecule has 9 heteroatoms. The summed E-state index contributed by atoms with van der Waals surface area (Å²) in [5.41, 5.74) is 2.59. The lowest BCUT2D eigenvalue weighted by Gasteiger charge is -2.32. The molecule has 4 rings (SSSR count). The minimum atomic E-state index is -3.75. The molecule has 0 atom stereocenters. The molecule has 1 N–H and O–H groups in total. The summed E-state index contributed by atoms with van der Waals surface area (Å²) in [7, 11) is 0.532. The first-order chi connectivity index (χ1) is 16.3. The molecule has 1 aliphatic rings. The summed E-state index contributed by atoms with van der Waals surface area (Å²) in [5.74, 6) is -0.126. The molecule has 3 aromatic rings. The van der Waals surface area contributed by atoms with E-state index in [0.29, 0.717) is 6.54 Å². The molecule has 34 heavy (non-hydrogen) atoms. The van der Waals surface area contributed by atoms with Gasteiger partial charge in [0.25, 0.3) is 5.91 Å². The fraction of sp³-hybridized carbons (Fsp3) is 0.240. The molecule has 178 valence electrons. The van der Waals surface area contributed by atoms with Gasteiger partial charge in [0.2, 0.25) is 10.0 Å². The summed E-state index contributed by atoms with van der Waals surface area (Å²) in [6.07, 6.45) is 0.720. The molecule has 0 radical (unpaired) electrons. The maximum absolute atomic E-state index is 12.8. The van der Waals surface area contributed by atoms with Crippen LogP contribution in [0.2, 0.25) is 0 Å². The van der Waals surface area contributed by atoms with Gasteiger partial charge in [-0.15, -0.1) is 0 Å². The highest BCUT2D eigenvalue weighted by Crippen LogP contribution is 2.47. The Morgan fingerprint density at radius 3 is 2.21 bits per heavy atom. The Bertz CT molecular complexity index is 1260. The molecule has 0 spiro atoms. The molecule has 3 aromatic carbocycles. The quantitative estimate of drug-likeness (QED) is 0.466. The average molecular weight is 498 g/mol. The van der Waals surface area contributed by atoms with E-state index >= 15 is 0 Å². The van der Waals surface area contributed by atoms with Gasteiger partial charge in [-0.2, -0.15) is 0 Å². The zero-order valence-corrected chi connectivity index (χ0v) is 20.9. The molecule has 0 aromatic heterocycles. The summed E-state index contributed by atoms with van der Waals surface area (Å²) in [4.78, 5) is 17.4. The van der Waals surface area contributed by atoms with Crippen LogP contribution in [0.4, 0.5) is 11.4 Å². The number of para-hydroxylation sites is 2. The number of amides is 1. The van der Waals surface area contributed by atoms with Gasteiger partial charge in [-0.3, -0.25) is 4.79 Å². The van der Waals surface area contributed by atoms with Crippen LogP contribution >= 0.6 is 11.8 Å². The highest BCUT2D eigenvalue weighted by atomic mass is 32.2. The molecule has 1 heterocycles. The van der Waals surface area contributed by atoms with Crippen LogP contribution in [0.15, 0.2) is 81.4 Å². The minimum absolute atomic E-state index is 0.0355. The Morgan fingerprint density at radius 2 is 1.62 bits per heavy atom. The monoisotopic (exact) mass is 497 g/mol. The molecule has 1 amide bonds. The van der Waals surface area contributed by atoms with Gasteiger partial charge in [-0.25, -0.2) is 12.7 Å². The van der Waals surface area contributed by atoms with E-state index in [1.54, 1.807) is 17.8 Å². The van der Waals surface area contributed by atoms with E-state index in [1.165, 1.54) is 43.1 Å². The molecule has 1 aliphatic heterocycles. The van der Waals surface area contributed by atoms with Crippen LogP contribution < -0.4 is 15.0 Å². The number of fused-ring (bicyclic) bond motifs is 2. The van der Waals surface area contributed by atoms with Gasteiger partial charge >= 0.3 is 0 Å². The van der Waals surface area contributed by atoms with E-state index in [0.717, 1.165) is 28.6 Å². The zero-order valence-electron chi connectivity index (χ0n) is 19.3. The number of hydrogen-bond acceptors (Lipinski definition) is 6. The number of anilines is 2. The molecular weight excluding hydrogens is 470 g/mol. The van der Waals surface area contributed by atoms with Crippen LogP contribution in [0.3, 0.4) is 0 Å². The molecule has 0 saturated heterocycles. The average Bonchev–Trinajstić information content (AvgIpc) is 2.85. The van der Waals surface area contributed by atoms with Gasteiger partial charge in [0.15, 0.2) is 0 Å². The Labute approximate surface area is 204 Å². The number of rotatable bonds is 8. The second kappa shape index (κ2) is 10.1. The SMILES string of the molecule is COc1ccc(C(=O)NCCCN2c3ccccc3Sc3ccccc32)cc1S(=O)(=O)N(C)C. The van der Waals surface area contributed by atoms with E-state index < -0.39 is 10.0 Å². The largest absolute Gasteiger partial charge is 0.495 e. The molecule has 0 aliphatic carbocycles. The number of carbonyl (C=O) groups is 1. The van der Waals surface area contributed by atoms with Crippen LogP contribution in [0.1, 0.15) is 16.8 Å². The van der Waals surface area contributed by atoms with Crippen LogP contribution in [0.5, 0.6) is 5.75 Å². The van der Waals surface area contributed by atoms with Crippen molar-refractivity contribution in [2.24, 2.45) is 0 Å². The number of benzene rings is 3. The highest BCUT2D eigenvalue weighted by molar-refractivity contribution is 7.99. The fourth-order valence-corrected chi connectivity index (χ4v) is 5.95. The van der Waals surface area contributed by atoms with Crippen molar-refractivity contribution in [3.8, 4) is 5.75 Å². The molecule has 7 nitrogen and oxygen atoms in total. The summed E-state index contributed by atoms with van der Waals surface area (Å²) in [6, 6.07) is 21.0. The van der Waals surface area contributed by atoms with Crippen LogP contribution in [-0.4, -0.2) is 52.9 Å². The van der Waals surface area contributed by atoms with E-state index in [2.05, 4.69) is 34.5 Å². The maximum Gasteiger partial charge on any atom is 0.251 e. The Kier molecular flexibility index (Phi) is 7.16. The van der Waals surface area contributed by atoms with Gasteiger partial charge in [-0.05, 0) is 48.9 Å². The van der Waals surface area contributed by atoms with Gasteiger partial charge < -0.3 is 15.0 Å². The lowest BCUT2D eigenvalue weighted by molar-refractivity contribution is 0.0953. The second-order valence-corrected chi connectivity index (χ2v) is 11.2. The molecule has 0 bridgehead atoms. The standard InChI is InChI=1S/C25H27N3O4S2/c1-27(2)34(30,31)24-17-18(13-14-21(24)32-3)25(29)26-15-8-16-28-19-9-4-6-11-22(19)33-23-12-7-5-10-20(23)28/h4-7,9-14,17H,8,15-16H2,1-3H3,(H,26,29). The van der Waals surface area contributed by atoms with Crippen molar-refractivity contribution in [3.63, 3.8) is 0 Å². The number of hydrogen-bond donors (Lipinski definition) is 1. The Balaban J connectivity index is 1.44. The van der Waals surface area contributed by atoms with Gasteiger partial charge in [-0.1, -0.05) is 36.0 Å². The van der Waals surface area contributed by atoms with Gasteiger partial charge in [0.1, 0.15) is 10.6 Å². The van der Waals surface area contributed by atoms with Gasteiger partial charge in [0.05, 0.1) is 18.5 Å². The fourth-order valence-electron chi connectivity index (χ4n) is 3.78. The highest BCUT2D eigenvalue weighted by Gasteiger charge is 2.24. The van der Waals surface area contributed by atoms with Crippen molar-refractivity contribution in [3.05, 3.63) is 72.3 Å². The van der Waals surface area contributed by atoms with Crippen LogP contribution in [-0.2, 0) is 10.0 Å². The van der Waals surface area contributed by atoms with E-state index in [9.17, 15) is 13.2 Å². The topological polar surface area (TPSA) is 79.0 Å². The van der Waals surface area contributed by atoms with Crippen molar-refractivity contribution >= 4 is 39.1 Å². The lowest BCUT2D eigenvalue weighted by Crippen LogP contribution is -2.29. The van der Waals surface area contributed by atoms with Crippen molar-refractivity contribution in [1.82, 2.24) is 9.62 Å². The summed E-state index contributed by atoms with van der Waals surface area (Å²) < 4.78 is 31.6. The van der Waals surface area contributed by atoms with Crippen molar-refractivity contribution < 1.29 is 17.9 Å². The van der Waals surface area contributed by atoms with Crippen molar-refractivity contribution in [2.45, 2.75) is 21.1 Å². The molecule has 0 saturated carbocycles. The summed E-state index contributed by atoms with van der Waals surface area (Å²) in [6.45, 7) is 1.19. The molecule has 0 fully saturated rings. The minimum Gasteiger partial charge on any atom is -0.495 e. The predicted molar refractivity (Wildman–Crippen MR) is 135 cm³/mol. The second-order valence-electron chi connectivity index (χ2n) is 7.95. The number of methoxy groups -OCH3 is 1. The third-order valence-corrected chi connectivity index (χ3v) is 8.53. The van der Waals surface area contributed by atoms with Crippen LogP contribution in [0, 0.1) is 0 Å². The van der Waals surface area contributed by atoms with Crippen molar-refractivity contribution in [2.75, 3.05) is 39.2 Å². The molecule has 0 unspecified atom stereocenters. The maximum atomic E-state index is 12.8. The number of ether oxygens (including phenoxy) is 1. The van der Waals surface area contributed by atoms with E-state index in [-0.39, 0.29) is 22.1 Å². The first-order valence-corrected chi connectivity index (χ1v) is 13.1. The van der Waals surface area contributed by atoms with E-state index in [1.807, 2.05) is 24.3 Å². The Morgan fingerprint density at radius 1 is 1.00 bits per heavy atom. The third-order valence-electron chi connectivity index (χ3n) is 5.56. The number of nitrogens with zero attached hydrogens (tertiary/aromatic N) is 2. The first kappa shape index (κ1) is 24.1. The predicted octanol–water partition coefficient (Wildman–Crippen LogP) is 4.37. The smallest absolute Gasteiger partial charge is 0.251 e. The summed E-state index contributed by atoms with van der Waals surface area (Å²) in [5, 5.41) is 2.91. The number of sulfonamides is 1. The van der Waals surface area contributed by atoms with Crippen LogP contribution in [0.25, 0.3) is 0 Å². The third kappa shape index (κ3) is 4.77. The zero-order chi connectivity index (χ0) is 24.3.